The van der Waals surface area contributed by atoms with Gasteiger partial charge >= 0.3 is 0 Å². The summed E-state index contributed by atoms with van der Waals surface area (Å²) in [6.45, 7) is 4.09. The number of aromatic nitrogens is 2. The second kappa shape index (κ2) is 4.68. The lowest BCUT2D eigenvalue weighted by molar-refractivity contribution is 0.0985. The molecule has 1 atom stereocenters. The molecule has 1 amide bonds. The first kappa shape index (κ1) is 13.5. The van der Waals surface area contributed by atoms with Gasteiger partial charge in [0.25, 0.3) is 5.91 Å². The van der Waals surface area contributed by atoms with Crippen LogP contribution in [0.2, 0.25) is 0 Å². The van der Waals surface area contributed by atoms with Gasteiger partial charge in [-0.15, -0.1) is 11.3 Å². The van der Waals surface area contributed by atoms with Gasteiger partial charge in [0.1, 0.15) is 4.83 Å². The summed E-state index contributed by atoms with van der Waals surface area (Å²) in [5, 5.41) is 5.48. The predicted octanol–water partition coefficient (Wildman–Crippen LogP) is 3.53. The Labute approximate surface area is 133 Å². The van der Waals surface area contributed by atoms with E-state index in [-0.39, 0.29) is 11.9 Å². The Bertz CT molecular complexity index is 858. The van der Waals surface area contributed by atoms with E-state index in [1.54, 1.807) is 0 Å². The zero-order valence-electron chi connectivity index (χ0n) is 12.8. The number of para-hydroxylation sites is 1. The standard InChI is InChI=1S/C17H17N3OS/c1-10-8-12-6-4-5-7-14(12)20(10)16(21)15-9-13-11(2)18-19(3)17(13)22-15/h4-7,9-10H,8H2,1-3H3. The number of thiophene rings is 1. The maximum absolute atomic E-state index is 13.0. The summed E-state index contributed by atoms with van der Waals surface area (Å²) in [4.78, 5) is 16.8. The van der Waals surface area contributed by atoms with Gasteiger partial charge in [-0.3, -0.25) is 9.48 Å². The molecule has 0 bridgehead atoms. The zero-order chi connectivity index (χ0) is 15.4. The number of carbonyl (C=O) groups is 1. The summed E-state index contributed by atoms with van der Waals surface area (Å²) in [6.07, 6.45) is 0.924. The first-order valence-corrected chi connectivity index (χ1v) is 8.22. The lowest BCUT2D eigenvalue weighted by Crippen LogP contribution is -2.35. The van der Waals surface area contributed by atoms with E-state index in [0.29, 0.717) is 0 Å². The van der Waals surface area contributed by atoms with Gasteiger partial charge in [-0.2, -0.15) is 5.10 Å². The monoisotopic (exact) mass is 311 g/mol. The van der Waals surface area contributed by atoms with Crippen LogP contribution in [0.4, 0.5) is 5.69 Å². The average molecular weight is 311 g/mol. The van der Waals surface area contributed by atoms with Gasteiger partial charge in [-0.05, 0) is 38.0 Å². The molecule has 2 aromatic heterocycles. The van der Waals surface area contributed by atoms with Crippen molar-refractivity contribution < 1.29 is 4.79 Å². The molecular weight excluding hydrogens is 294 g/mol. The second-order valence-electron chi connectivity index (χ2n) is 5.90. The van der Waals surface area contributed by atoms with Crippen molar-refractivity contribution in [3.05, 3.63) is 46.5 Å². The van der Waals surface area contributed by atoms with Crippen molar-refractivity contribution >= 4 is 33.1 Å². The Kier molecular flexibility index (Phi) is 2.87. The topological polar surface area (TPSA) is 38.1 Å². The summed E-state index contributed by atoms with van der Waals surface area (Å²) >= 11 is 1.53. The maximum Gasteiger partial charge on any atom is 0.268 e. The van der Waals surface area contributed by atoms with Crippen LogP contribution in [0.1, 0.15) is 27.9 Å². The lowest BCUT2D eigenvalue weighted by Gasteiger charge is -2.21. The van der Waals surface area contributed by atoms with E-state index in [2.05, 4.69) is 18.1 Å². The highest BCUT2D eigenvalue weighted by atomic mass is 32.1. The molecule has 4 nitrogen and oxygen atoms in total. The lowest BCUT2D eigenvalue weighted by atomic mass is 10.1. The number of hydrogen-bond donors (Lipinski definition) is 0. The largest absolute Gasteiger partial charge is 0.304 e. The van der Waals surface area contributed by atoms with Crippen molar-refractivity contribution in [1.29, 1.82) is 0 Å². The van der Waals surface area contributed by atoms with Gasteiger partial charge in [-0.1, -0.05) is 18.2 Å². The summed E-state index contributed by atoms with van der Waals surface area (Å²) in [7, 11) is 1.92. The van der Waals surface area contributed by atoms with Crippen LogP contribution in [0.15, 0.2) is 30.3 Å². The third-order valence-electron chi connectivity index (χ3n) is 4.33. The molecule has 112 valence electrons. The SMILES string of the molecule is Cc1nn(C)c2sc(C(=O)N3c4ccccc4CC3C)cc12. The van der Waals surface area contributed by atoms with E-state index in [4.69, 9.17) is 0 Å². The van der Waals surface area contributed by atoms with E-state index in [9.17, 15) is 4.79 Å². The van der Waals surface area contributed by atoms with Crippen LogP contribution >= 0.6 is 11.3 Å². The molecule has 5 heteroatoms. The number of nitrogens with zero attached hydrogens (tertiary/aromatic N) is 3. The molecule has 0 saturated carbocycles. The number of rotatable bonds is 1. The molecule has 1 unspecified atom stereocenters. The number of amides is 1. The van der Waals surface area contributed by atoms with Crippen molar-refractivity contribution in [2.75, 3.05) is 4.90 Å². The van der Waals surface area contributed by atoms with Crippen LogP contribution in [0.25, 0.3) is 10.2 Å². The third-order valence-corrected chi connectivity index (χ3v) is 5.52. The van der Waals surface area contributed by atoms with Gasteiger partial charge in [0.2, 0.25) is 0 Å². The molecule has 1 aliphatic heterocycles. The second-order valence-corrected chi connectivity index (χ2v) is 6.93. The van der Waals surface area contributed by atoms with Crippen molar-refractivity contribution in [2.24, 2.45) is 7.05 Å². The zero-order valence-corrected chi connectivity index (χ0v) is 13.6. The molecule has 1 aliphatic rings. The van der Waals surface area contributed by atoms with Crippen LogP contribution in [-0.4, -0.2) is 21.7 Å². The van der Waals surface area contributed by atoms with Crippen molar-refractivity contribution in [2.45, 2.75) is 26.3 Å². The fraction of sp³-hybridized carbons (Fsp3) is 0.294. The molecule has 3 aromatic rings. The van der Waals surface area contributed by atoms with E-state index in [1.165, 1.54) is 16.9 Å². The van der Waals surface area contributed by atoms with Gasteiger partial charge in [0.05, 0.1) is 10.6 Å². The Morgan fingerprint density at radius 3 is 2.91 bits per heavy atom. The van der Waals surface area contributed by atoms with Crippen LogP contribution < -0.4 is 4.90 Å². The van der Waals surface area contributed by atoms with Gasteiger partial charge in [0, 0.05) is 24.2 Å². The minimum Gasteiger partial charge on any atom is -0.304 e. The third kappa shape index (κ3) is 1.82. The number of anilines is 1. The van der Waals surface area contributed by atoms with Gasteiger partial charge < -0.3 is 4.90 Å². The Balaban J connectivity index is 1.79. The highest BCUT2D eigenvalue weighted by Crippen LogP contribution is 2.35. The Morgan fingerprint density at radius 1 is 1.36 bits per heavy atom. The molecule has 0 spiro atoms. The highest BCUT2D eigenvalue weighted by Gasteiger charge is 2.32. The van der Waals surface area contributed by atoms with Crippen molar-refractivity contribution in [3.8, 4) is 0 Å². The van der Waals surface area contributed by atoms with E-state index in [1.807, 2.05) is 47.8 Å². The Hall–Kier alpha value is -2.14. The van der Waals surface area contributed by atoms with Crippen LogP contribution in [0, 0.1) is 6.92 Å². The number of carbonyl (C=O) groups excluding carboxylic acids is 1. The number of aryl methyl sites for hydroxylation is 2. The maximum atomic E-state index is 13.0. The van der Waals surface area contributed by atoms with Gasteiger partial charge in [0.15, 0.2) is 0 Å². The number of hydrogen-bond acceptors (Lipinski definition) is 3. The quantitative estimate of drug-likeness (QED) is 0.689. The number of benzene rings is 1. The minimum absolute atomic E-state index is 0.0954. The summed E-state index contributed by atoms with van der Waals surface area (Å²) in [5.74, 6) is 0.0954. The fourth-order valence-electron chi connectivity index (χ4n) is 3.30. The fourth-order valence-corrected chi connectivity index (χ4v) is 4.36. The molecule has 0 saturated heterocycles. The van der Waals surface area contributed by atoms with E-state index < -0.39 is 0 Å². The highest BCUT2D eigenvalue weighted by molar-refractivity contribution is 7.20. The summed E-state index contributed by atoms with van der Waals surface area (Å²) in [5.41, 5.74) is 3.28. The molecule has 4 rings (SSSR count). The summed E-state index contributed by atoms with van der Waals surface area (Å²) in [6, 6.07) is 10.4. The molecule has 0 aliphatic carbocycles. The predicted molar refractivity (Wildman–Crippen MR) is 89.7 cm³/mol. The average Bonchev–Trinajstić information content (AvgIpc) is 3.13. The molecule has 0 radical (unpaired) electrons. The Morgan fingerprint density at radius 2 is 2.14 bits per heavy atom. The number of fused-ring (bicyclic) bond motifs is 2. The minimum atomic E-state index is 0.0954. The molecule has 1 aromatic carbocycles. The normalized spacial score (nSPS) is 17.2. The van der Waals surface area contributed by atoms with Gasteiger partial charge in [-0.25, -0.2) is 0 Å². The van der Waals surface area contributed by atoms with Crippen molar-refractivity contribution in [1.82, 2.24) is 9.78 Å². The molecule has 0 N–H and O–H groups in total. The van der Waals surface area contributed by atoms with Crippen LogP contribution in [0.5, 0.6) is 0 Å². The smallest absolute Gasteiger partial charge is 0.268 e. The van der Waals surface area contributed by atoms with Crippen LogP contribution in [-0.2, 0) is 13.5 Å². The molecular formula is C17H17N3OS. The first-order chi connectivity index (χ1) is 10.6. The summed E-state index contributed by atoms with van der Waals surface area (Å²) < 4.78 is 1.85. The van der Waals surface area contributed by atoms with E-state index >= 15 is 0 Å². The van der Waals surface area contributed by atoms with E-state index in [0.717, 1.165) is 32.9 Å². The van der Waals surface area contributed by atoms with Crippen LogP contribution in [0.3, 0.4) is 0 Å². The molecule has 3 heterocycles. The van der Waals surface area contributed by atoms with Crippen molar-refractivity contribution in [3.63, 3.8) is 0 Å². The molecule has 22 heavy (non-hydrogen) atoms. The first-order valence-electron chi connectivity index (χ1n) is 7.41. The molecule has 0 fully saturated rings.